The Morgan fingerprint density at radius 3 is 2.63 bits per heavy atom. The van der Waals surface area contributed by atoms with E-state index in [1.807, 2.05) is 12.1 Å². The lowest BCUT2D eigenvalue weighted by molar-refractivity contribution is -0.129. The van der Waals surface area contributed by atoms with Gasteiger partial charge in [0, 0.05) is 22.2 Å². The van der Waals surface area contributed by atoms with Gasteiger partial charge in [-0.1, -0.05) is 36.2 Å². The first-order valence-electron chi connectivity index (χ1n) is 8.93. The molecule has 1 amide bonds. The lowest BCUT2D eigenvalue weighted by atomic mass is 10.2. The molecule has 2 aromatic rings. The number of aromatic nitrogens is 1. The molecule has 0 radical (unpaired) electrons. The fraction of sp³-hybridized carbons (Fsp3) is 0.350. The molecule has 1 aromatic heterocycles. The van der Waals surface area contributed by atoms with Crippen LogP contribution in [0.3, 0.4) is 0 Å². The highest BCUT2D eigenvalue weighted by Crippen LogP contribution is 2.30. The Bertz CT molecular complexity index is 807. The molecule has 1 aliphatic carbocycles. The molecular formula is C20H21ClN2O3S. The molecule has 1 saturated carbocycles. The quantitative estimate of drug-likeness (QED) is 0.718. The Balaban J connectivity index is 1.65. The molecule has 1 atom stereocenters. The highest BCUT2D eigenvalue weighted by atomic mass is 35.5. The fourth-order valence-corrected chi connectivity index (χ4v) is 3.90. The summed E-state index contributed by atoms with van der Waals surface area (Å²) >= 11 is 7.25. The van der Waals surface area contributed by atoms with Crippen molar-refractivity contribution in [1.29, 1.82) is 0 Å². The summed E-state index contributed by atoms with van der Waals surface area (Å²) in [6.45, 7) is 1.59. The van der Waals surface area contributed by atoms with Crippen LogP contribution in [-0.4, -0.2) is 29.0 Å². The van der Waals surface area contributed by atoms with Crippen molar-refractivity contribution >= 4 is 35.2 Å². The summed E-state index contributed by atoms with van der Waals surface area (Å²) in [7, 11) is 0. The molecule has 142 valence electrons. The average Bonchev–Trinajstić information content (AvgIpc) is 3.17. The molecule has 0 bridgehead atoms. The minimum Gasteiger partial charge on any atom is -0.449 e. The van der Waals surface area contributed by atoms with Crippen LogP contribution in [0.15, 0.2) is 52.5 Å². The molecule has 7 heteroatoms. The molecule has 1 aromatic carbocycles. The summed E-state index contributed by atoms with van der Waals surface area (Å²) in [5.41, 5.74) is 0.331. The summed E-state index contributed by atoms with van der Waals surface area (Å²) in [6.07, 6.45) is 4.98. The number of amides is 1. The van der Waals surface area contributed by atoms with Gasteiger partial charge in [0.15, 0.2) is 6.10 Å². The molecule has 1 N–H and O–H groups in total. The van der Waals surface area contributed by atoms with Gasteiger partial charge in [0.1, 0.15) is 5.03 Å². The SMILES string of the molecule is C[C@H](OC(=O)c1cccnc1Sc1ccc(Cl)cc1)C(=O)NC1CCCC1. The number of nitrogens with one attached hydrogen (secondary N) is 1. The summed E-state index contributed by atoms with van der Waals surface area (Å²) < 4.78 is 5.38. The molecule has 0 aliphatic heterocycles. The molecule has 1 heterocycles. The van der Waals surface area contributed by atoms with E-state index in [0.29, 0.717) is 15.6 Å². The van der Waals surface area contributed by atoms with Crippen LogP contribution in [0.4, 0.5) is 0 Å². The van der Waals surface area contributed by atoms with Crippen molar-refractivity contribution in [2.45, 2.75) is 54.7 Å². The van der Waals surface area contributed by atoms with Gasteiger partial charge in [-0.05, 0) is 56.2 Å². The Labute approximate surface area is 167 Å². The van der Waals surface area contributed by atoms with Crippen molar-refractivity contribution < 1.29 is 14.3 Å². The van der Waals surface area contributed by atoms with Crippen molar-refractivity contribution in [3.8, 4) is 0 Å². The predicted octanol–water partition coefficient (Wildman–Crippen LogP) is 4.49. The number of benzene rings is 1. The molecular weight excluding hydrogens is 384 g/mol. The fourth-order valence-electron chi connectivity index (χ4n) is 2.91. The van der Waals surface area contributed by atoms with Gasteiger partial charge in [-0.2, -0.15) is 0 Å². The van der Waals surface area contributed by atoms with Crippen LogP contribution in [-0.2, 0) is 9.53 Å². The normalized spacial score (nSPS) is 15.3. The van der Waals surface area contributed by atoms with E-state index in [1.54, 1.807) is 37.4 Å². The largest absolute Gasteiger partial charge is 0.449 e. The zero-order valence-corrected chi connectivity index (χ0v) is 16.6. The monoisotopic (exact) mass is 404 g/mol. The van der Waals surface area contributed by atoms with Crippen molar-refractivity contribution in [3.63, 3.8) is 0 Å². The smallest absolute Gasteiger partial charge is 0.341 e. The van der Waals surface area contributed by atoms with E-state index in [4.69, 9.17) is 16.3 Å². The topological polar surface area (TPSA) is 68.3 Å². The van der Waals surface area contributed by atoms with E-state index in [-0.39, 0.29) is 11.9 Å². The van der Waals surface area contributed by atoms with Crippen LogP contribution in [0, 0.1) is 0 Å². The molecule has 5 nitrogen and oxygen atoms in total. The number of pyridine rings is 1. The second-order valence-electron chi connectivity index (χ2n) is 6.45. The molecule has 27 heavy (non-hydrogen) atoms. The second-order valence-corrected chi connectivity index (χ2v) is 7.95. The Kier molecular flexibility index (Phi) is 6.74. The van der Waals surface area contributed by atoms with Crippen molar-refractivity contribution in [3.05, 3.63) is 53.2 Å². The Hall–Kier alpha value is -2.05. The minimum absolute atomic E-state index is 0.188. The highest BCUT2D eigenvalue weighted by molar-refractivity contribution is 7.99. The Morgan fingerprint density at radius 2 is 1.93 bits per heavy atom. The third kappa shape index (κ3) is 5.47. The molecule has 1 fully saturated rings. The Morgan fingerprint density at radius 1 is 1.22 bits per heavy atom. The predicted molar refractivity (Wildman–Crippen MR) is 105 cm³/mol. The second kappa shape index (κ2) is 9.24. The number of ether oxygens (including phenoxy) is 1. The van der Waals surface area contributed by atoms with E-state index >= 15 is 0 Å². The van der Waals surface area contributed by atoms with Crippen molar-refractivity contribution in [1.82, 2.24) is 10.3 Å². The van der Waals surface area contributed by atoms with E-state index in [1.165, 1.54) is 11.8 Å². The number of nitrogens with zero attached hydrogens (tertiary/aromatic N) is 1. The van der Waals surface area contributed by atoms with Crippen LogP contribution in [0.2, 0.25) is 5.02 Å². The average molecular weight is 405 g/mol. The summed E-state index contributed by atoms with van der Waals surface area (Å²) in [5.74, 6) is -0.820. The van der Waals surface area contributed by atoms with E-state index in [2.05, 4.69) is 10.3 Å². The lowest BCUT2D eigenvalue weighted by Crippen LogP contribution is -2.40. The van der Waals surface area contributed by atoms with Gasteiger partial charge >= 0.3 is 5.97 Å². The van der Waals surface area contributed by atoms with Gasteiger partial charge in [0.25, 0.3) is 5.91 Å². The van der Waals surface area contributed by atoms with E-state index in [9.17, 15) is 9.59 Å². The summed E-state index contributed by atoms with van der Waals surface area (Å²) in [6, 6.07) is 10.8. The van der Waals surface area contributed by atoms with Gasteiger partial charge in [-0.3, -0.25) is 4.79 Å². The number of hydrogen-bond acceptors (Lipinski definition) is 5. The van der Waals surface area contributed by atoms with E-state index < -0.39 is 12.1 Å². The van der Waals surface area contributed by atoms with Crippen LogP contribution in [0.25, 0.3) is 0 Å². The summed E-state index contributed by atoms with van der Waals surface area (Å²) in [5, 5.41) is 4.11. The molecule has 3 rings (SSSR count). The first-order chi connectivity index (χ1) is 13.0. The standard InChI is InChI=1S/C20H21ClN2O3S/c1-13(18(24)23-15-5-2-3-6-15)26-20(25)17-7-4-12-22-19(17)27-16-10-8-14(21)9-11-16/h4,7-13,15H,2-3,5-6H2,1H3,(H,23,24)/t13-/m0/s1. The molecule has 0 saturated heterocycles. The maximum absolute atomic E-state index is 12.6. The zero-order valence-electron chi connectivity index (χ0n) is 15.0. The molecule has 0 spiro atoms. The van der Waals surface area contributed by atoms with Gasteiger partial charge in [0.05, 0.1) is 5.56 Å². The zero-order chi connectivity index (χ0) is 19.2. The first kappa shape index (κ1) is 19.7. The van der Waals surface area contributed by atoms with Gasteiger partial charge < -0.3 is 10.1 Å². The summed E-state index contributed by atoms with van der Waals surface area (Å²) in [4.78, 5) is 30.0. The van der Waals surface area contributed by atoms with Crippen LogP contribution < -0.4 is 5.32 Å². The minimum atomic E-state index is -0.855. The maximum Gasteiger partial charge on any atom is 0.341 e. The third-order valence-corrected chi connectivity index (χ3v) is 5.65. The van der Waals surface area contributed by atoms with Crippen LogP contribution in [0.1, 0.15) is 43.0 Å². The third-order valence-electron chi connectivity index (χ3n) is 4.37. The van der Waals surface area contributed by atoms with Gasteiger partial charge in [-0.25, -0.2) is 9.78 Å². The van der Waals surface area contributed by atoms with Gasteiger partial charge in [0.2, 0.25) is 0 Å². The lowest BCUT2D eigenvalue weighted by Gasteiger charge is -2.17. The van der Waals surface area contributed by atoms with Crippen LogP contribution in [0.5, 0.6) is 0 Å². The maximum atomic E-state index is 12.6. The van der Waals surface area contributed by atoms with Crippen molar-refractivity contribution in [2.24, 2.45) is 0 Å². The highest BCUT2D eigenvalue weighted by Gasteiger charge is 2.24. The number of carbonyl (C=O) groups is 2. The van der Waals surface area contributed by atoms with Crippen molar-refractivity contribution in [2.75, 3.05) is 0 Å². The number of carbonyl (C=O) groups excluding carboxylic acids is 2. The van der Waals surface area contributed by atoms with Crippen LogP contribution >= 0.6 is 23.4 Å². The van der Waals surface area contributed by atoms with Gasteiger partial charge in [-0.15, -0.1) is 0 Å². The first-order valence-corrected chi connectivity index (χ1v) is 10.1. The number of rotatable bonds is 6. The number of esters is 1. The number of hydrogen-bond donors (Lipinski definition) is 1. The molecule has 0 unspecified atom stereocenters. The van der Waals surface area contributed by atoms with E-state index in [0.717, 1.165) is 30.6 Å². The number of halogens is 1. The molecule has 1 aliphatic rings.